The van der Waals surface area contributed by atoms with Crippen LogP contribution in [0.5, 0.6) is 0 Å². The summed E-state index contributed by atoms with van der Waals surface area (Å²) in [5.41, 5.74) is 7.32. The summed E-state index contributed by atoms with van der Waals surface area (Å²) in [5.74, 6) is 0.0608. The highest BCUT2D eigenvalue weighted by atomic mass is 79.9. The molecule has 0 spiro atoms. The highest BCUT2D eigenvalue weighted by molar-refractivity contribution is 9.10. The SMILES string of the molecule is CCC(C)NC(=O)CCNc1ccc(C(N)=S)c(Br)c1. The zero-order valence-electron chi connectivity index (χ0n) is 11.7. The fourth-order valence-corrected chi connectivity index (χ4v) is 2.50. The van der Waals surface area contributed by atoms with Crippen molar-refractivity contribution in [1.82, 2.24) is 5.32 Å². The van der Waals surface area contributed by atoms with Crippen LogP contribution >= 0.6 is 28.1 Å². The Bertz CT molecular complexity index is 493. The minimum atomic E-state index is 0.0608. The molecule has 0 aliphatic carbocycles. The lowest BCUT2D eigenvalue weighted by Crippen LogP contribution is -2.32. The maximum absolute atomic E-state index is 11.6. The molecule has 1 amide bonds. The molecule has 4 N–H and O–H groups in total. The van der Waals surface area contributed by atoms with Gasteiger partial charge in [0.1, 0.15) is 4.99 Å². The van der Waals surface area contributed by atoms with E-state index in [0.717, 1.165) is 22.1 Å². The van der Waals surface area contributed by atoms with E-state index in [4.69, 9.17) is 18.0 Å². The first-order valence-electron chi connectivity index (χ1n) is 6.56. The van der Waals surface area contributed by atoms with E-state index in [2.05, 4.69) is 26.6 Å². The average Bonchev–Trinajstić information content (AvgIpc) is 2.38. The van der Waals surface area contributed by atoms with Crippen molar-refractivity contribution >= 4 is 44.7 Å². The van der Waals surface area contributed by atoms with Crippen LogP contribution in [-0.4, -0.2) is 23.5 Å². The third kappa shape index (κ3) is 5.46. The summed E-state index contributed by atoms with van der Waals surface area (Å²) in [6.45, 7) is 4.63. The fraction of sp³-hybridized carbons (Fsp3) is 0.429. The van der Waals surface area contributed by atoms with Gasteiger partial charge >= 0.3 is 0 Å². The number of anilines is 1. The Balaban J connectivity index is 2.45. The predicted molar refractivity (Wildman–Crippen MR) is 91.0 cm³/mol. The highest BCUT2D eigenvalue weighted by Crippen LogP contribution is 2.21. The van der Waals surface area contributed by atoms with E-state index >= 15 is 0 Å². The Kier molecular flexibility index (Phi) is 6.95. The van der Waals surface area contributed by atoms with Crippen LogP contribution in [0.1, 0.15) is 32.3 Å². The molecule has 1 atom stereocenters. The van der Waals surface area contributed by atoms with Crippen LogP contribution in [0.2, 0.25) is 0 Å². The Hall–Kier alpha value is -1.14. The Labute approximate surface area is 133 Å². The van der Waals surface area contributed by atoms with Gasteiger partial charge in [-0.15, -0.1) is 0 Å². The molecule has 0 saturated heterocycles. The van der Waals surface area contributed by atoms with Crippen molar-refractivity contribution in [2.24, 2.45) is 5.73 Å². The monoisotopic (exact) mass is 357 g/mol. The first kappa shape index (κ1) is 16.9. The number of hydrogen-bond donors (Lipinski definition) is 3. The molecule has 0 bridgehead atoms. The number of thiocarbonyl (C=S) groups is 1. The summed E-state index contributed by atoms with van der Waals surface area (Å²) in [5, 5.41) is 6.13. The molecule has 0 saturated carbocycles. The maximum Gasteiger partial charge on any atom is 0.221 e. The Morgan fingerprint density at radius 3 is 2.75 bits per heavy atom. The van der Waals surface area contributed by atoms with Crippen LogP contribution in [0.15, 0.2) is 22.7 Å². The molecule has 0 heterocycles. The van der Waals surface area contributed by atoms with E-state index < -0.39 is 0 Å². The molecule has 0 aliphatic rings. The van der Waals surface area contributed by atoms with E-state index in [1.807, 2.05) is 32.0 Å². The van der Waals surface area contributed by atoms with Gasteiger partial charge in [-0.1, -0.05) is 19.1 Å². The zero-order valence-corrected chi connectivity index (χ0v) is 14.1. The topological polar surface area (TPSA) is 67.2 Å². The van der Waals surface area contributed by atoms with Gasteiger partial charge in [0, 0.05) is 34.7 Å². The molecule has 20 heavy (non-hydrogen) atoms. The minimum Gasteiger partial charge on any atom is -0.389 e. The average molecular weight is 358 g/mol. The van der Waals surface area contributed by atoms with Crippen molar-refractivity contribution in [3.05, 3.63) is 28.2 Å². The summed E-state index contributed by atoms with van der Waals surface area (Å²) < 4.78 is 0.846. The molecule has 6 heteroatoms. The van der Waals surface area contributed by atoms with Gasteiger partial charge in [-0.25, -0.2) is 0 Å². The number of rotatable bonds is 7. The number of halogens is 1. The molecule has 1 unspecified atom stereocenters. The van der Waals surface area contributed by atoms with E-state index in [1.165, 1.54) is 0 Å². The van der Waals surface area contributed by atoms with E-state index in [0.29, 0.717) is 18.0 Å². The van der Waals surface area contributed by atoms with Crippen molar-refractivity contribution < 1.29 is 4.79 Å². The lowest BCUT2D eigenvalue weighted by molar-refractivity contribution is -0.121. The third-order valence-corrected chi connectivity index (χ3v) is 3.81. The van der Waals surface area contributed by atoms with Gasteiger partial charge in [0.15, 0.2) is 0 Å². The Morgan fingerprint density at radius 2 is 2.20 bits per heavy atom. The van der Waals surface area contributed by atoms with Gasteiger partial charge in [-0.3, -0.25) is 4.79 Å². The van der Waals surface area contributed by atoms with Crippen LogP contribution < -0.4 is 16.4 Å². The van der Waals surface area contributed by atoms with Gasteiger partial charge in [0.05, 0.1) is 0 Å². The fourth-order valence-electron chi connectivity index (χ4n) is 1.59. The van der Waals surface area contributed by atoms with Crippen molar-refractivity contribution in [2.45, 2.75) is 32.7 Å². The standard InChI is InChI=1S/C14H20BrN3OS/c1-3-9(2)18-13(19)6-7-17-10-4-5-11(14(16)20)12(15)8-10/h4-5,8-9,17H,3,6-7H2,1-2H3,(H2,16,20)(H,18,19). The summed E-state index contributed by atoms with van der Waals surface area (Å²) in [4.78, 5) is 12.0. The number of benzene rings is 1. The number of carbonyl (C=O) groups excluding carboxylic acids is 1. The second kappa shape index (κ2) is 8.21. The molecule has 0 fully saturated rings. The first-order chi connectivity index (χ1) is 9.43. The van der Waals surface area contributed by atoms with Gasteiger partial charge in [-0.2, -0.15) is 0 Å². The molecule has 1 rings (SSSR count). The zero-order chi connectivity index (χ0) is 15.1. The second-order valence-electron chi connectivity index (χ2n) is 4.61. The van der Waals surface area contributed by atoms with E-state index in [1.54, 1.807) is 0 Å². The number of hydrogen-bond acceptors (Lipinski definition) is 3. The van der Waals surface area contributed by atoms with Crippen LogP contribution in [0.3, 0.4) is 0 Å². The van der Waals surface area contributed by atoms with Gasteiger partial charge in [-0.05, 0) is 47.5 Å². The summed E-state index contributed by atoms with van der Waals surface area (Å²) >= 11 is 8.36. The first-order valence-corrected chi connectivity index (χ1v) is 7.76. The van der Waals surface area contributed by atoms with Crippen molar-refractivity contribution in [1.29, 1.82) is 0 Å². The number of nitrogens with one attached hydrogen (secondary N) is 2. The Morgan fingerprint density at radius 1 is 1.50 bits per heavy atom. The lowest BCUT2D eigenvalue weighted by atomic mass is 10.2. The van der Waals surface area contributed by atoms with Crippen molar-refractivity contribution in [3.8, 4) is 0 Å². The normalized spacial score (nSPS) is 11.8. The van der Waals surface area contributed by atoms with Crippen molar-refractivity contribution in [3.63, 3.8) is 0 Å². The van der Waals surface area contributed by atoms with Crippen LogP contribution in [0, 0.1) is 0 Å². The molecular formula is C14H20BrN3OS. The smallest absolute Gasteiger partial charge is 0.221 e. The van der Waals surface area contributed by atoms with Gasteiger partial charge in [0.25, 0.3) is 0 Å². The third-order valence-electron chi connectivity index (χ3n) is 2.94. The molecule has 4 nitrogen and oxygen atoms in total. The second-order valence-corrected chi connectivity index (χ2v) is 5.91. The van der Waals surface area contributed by atoms with Crippen LogP contribution in [-0.2, 0) is 4.79 Å². The maximum atomic E-state index is 11.6. The molecule has 1 aromatic rings. The minimum absolute atomic E-state index is 0.0608. The summed E-state index contributed by atoms with van der Waals surface area (Å²) in [7, 11) is 0. The van der Waals surface area contributed by atoms with Gasteiger partial charge < -0.3 is 16.4 Å². The summed E-state index contributed by atoms with van der Waals surface area (Å²) in [6, 6.07) is 5.88. The quantitative estimate of drug-likeness (QED) is 0.656. The molecule has 1 aromatic carbocycles. The molecule has 0 radical (unpaired) electrons. The molecule has 0 aromatic heterocycles. The van der Waals surface area contributed by atoms with Gasteiger partial charge in [0.2, 0.25) is 5.91 Å². The molecule has 110 valence electrons. The molecular weight excluding hydrogens is 338 g/mol. The number of carbonyl (C=O) groups is 1. The van der Waals surface area contributed by atoms with Crippen molar-refractivity contribution in [2.75, 3.05) is 11.9 Å². The van der Waals surface area contributed by atoms with Crippen LogP contribution in [0.25, 0.3) is 0 Å². The summed E-state index contributed by atoms with van der Waals surface area (Å²) in [6.07, 6.45) is 1.38. The predicted octanol–water partition coefficient (Wildman–Crippen LogP) is 2.80. The van der Waals surface area contributed by atoms with Crippen LogP contribution in [0.4, 0.5) is 5.69 Å². The largest absolute Gasteiger partial charge is 0.389 e. The molecule has 0 aliphatic heterocycles. The van der Waals surface area contributed by atoms with E-state index in [9.17, 15) is 4.79 Å². The number of amides is 1. The van der Waals surface area contributed by atoms with E-state index in [-0.39, 0.29) is 11.9 Å². The lowest BCUT2D eigenvalue weighted by Gasteiger charge is -2.12. The number of nitrogens with two attached hydrogens (primary N) is 1. The highest BCUT2D eigenvalue weighted by Gasteiger charge is 2.06.